The molecule has 1 aliphatic heterocycles. The topological polar surface area (TPSA) is 71.3 Å². The molecule has 1 unspecified atom stereocenters. The third-order valence-electron chi connectivity index (χ3n) is 5.81. The normalized spacial score (nSPS) is 16.1. The van der Waals surface area contributed by atoms with E-state index in [1.54, 1.807) is 28.0 Å². The summed E-state index contributed by atoms with van der Waals surface area (Å²) in [5, 5.41) is 9.94. The molecule has 0 spiro atoms. The number of piperazine rings is 1. The van der Waals surface area contributed by atoms with Gasteiger partial charge in [0.05, 0.1) is 16.3 Å². The van der Waals surface area contributed by atoms with Gasteiger partial charge in [-0.05, 0) is 51.1 Å². The lowest BCUT2D eigenvalue weighted by Crippen LogP contribution is -2.55. The van der Waals surface area contributed by atoms with E-state index in [0.717, 1.165) is 11.5 Å². The summed E-state index contributed by atoms with van der Waals surface area (Å²) in [5.74, 6) is 0.857. The summed E-state index contributed by atoms with van der Waals surface area (Å²) in [6, 6.07) is 12.8. The van der Waals surface area contributed by atoms with Crippen LogP contribution in [-0.2, 0) is 4.79 Å². The first-order valence-corrected chi connectivity index (χ1v) is 12.6. The van der Waals surface area contributed by atoms with Crippen LogP contribution in [0.5, 0.6) is 0 Å². The van der Waals surface area contributed by atoms with Gasteiger partial charge in [-0.3, -0.25) is 14.2 Å². The average molecular weight is 518 g/mol. The summed E-state index contributed by atoms with van der Waals surface area (Å²) in [4.78, 5) is 29.5. The molecule has 0 saturated carbocycles. The molecule has 4 rings (SSSR count). The van der Waals surface area contributed by atoms with Crippen molar-refractivity contribution in [2.75, 3.05) is 25.4 Å². The largest absolute Gasteiger partial charge is 0.338 e. The average Bonchev–Trinajstić information content (AvgIpc) is 3.17. The highest BCUT2D eigenvalue weighted by molar-refractivity contribution is 7.99. The first-order valence-electron chi connectivity index (χ1n) is 10.9. The van der Waals surface area contributed by atoms with Crippen LogP contribution in [0.3, 0.4) is 0 Å². The van der Waals surface area contributed by atoms with Crippen molar-refractivity contribution in [2.45, 2.75) is 32.0 Å². The summed E-state index contributed by atoms with van der Waals surface area (Å²) in [7, 11) is 0. The minimum absolute atomic E-state index is 0.00424. The van der Waals surface area contributed by atoms with Gasteiger partial charge in [-0.25, -0.2) is 0 Å². The Hall–Kier alpha value is -2.55. The van der Waals surface area contributed by atoms with Crippen molar-refractivity contribution in [3.8, 4) is 5.69 Å². The fourth-order valence-corrected chi connectivity index (χ4v) is 5.34. The molecule has 1 fully saturated rings. The summed E-state index contributed by atoms with van der Waals surface area (Å²) >= 11 is 13.5. The van der Waals surface area contributed by atoms with Crippen molar-refractivity contribution >= 4 is 46.8 Å². The Balaban J connectivity index is 1.38. The molecule has 0 N–H and O–H groups in total. The fraction of sp³-hybridized carbons (Fsp3) is 0.333. The lowest BCUT2D eigenvalue weighted by molar-refractivity contribution is -0.130. The quantitative estimate of drug-likeness (QED) is 0.460. The van der Waals surface area contributed by atoms with Gasteiger partial charge in [0.25, 0.3) is 5.91 Å². The molecule has 7 nitrogen and oxygen atoms in total. The Morgan fingerprint density at radius 2 is 1.79 bits per heavy atom. The van der Waals surface area contributed by atoms with Crippen LogP contribution in [0.4, 0.5) is 0 Å². The maximum Gasteiger partial charge on any atom is 0.255 e. The standard InChI is InChI=1S/C24H25Cl2N5O2S/c1-15-4-7-19(8-5-15)31-17(3)27-28-24(31)34-14-22(32)29-10-11-30(16(2)13-29)23(33)20-9-6-18(25)12-21(20)26/h4-9,12,16H,10-11,13-14H2,1-3H3. The van der Waals surface area contributed by atoms with E-state index in [4.69, 9.17) is 23.2 Å². The predicted molar refractivity (Wildman–Crippen MR) is 135 cm³/mol. The van der Waals surface area contributed by atoms with E-state index in [2.05, 4.69) is 10.2 Å². The molecule has 0 radical (unpaired) electrons. The molecule has 2 amide bonds. The van der Waals surface area contributed by atoms with Crippen LogP contribution >= 0.6 is 35.0 Å². The van der Waals surface area contributed by atoms with Gasteiger partial charge >= 0.3 is 0 Å². The van der Waals surface area contributed by atoms with E-state index in [-0.39, 0.29) is 23.6 Å². The minimum atomic E-state index is -0.155. The van der Waals surface area contributed by atoms with Gasteiger partial charge in [-0.1, -0.05) is 52.7 Å². The zero-order valence-electron chi connectivity index (χ0n) is 19.2. The van der Waals surface area contributed by atoms with Crippen molar-refractivity contribution in [1.82, 2.24) is 24.6 Å². The Morgan fingerprint density at radius 1 is 1.06 bits per heavy atom. The smallest absolute Gasteiger partial charge is 0.255 e. The molecule has 2 heterocycles. The second-order valence-electron chi connectivity index (χ2n) is 8.30. The number of amides is 2. The van der Waals surface area contributed by atoms with Gasteiger partial charge in [-0.15, -0.1) is 10.2 Å². The second kappa shape index (κ2) is 10.4. The molecule has 3 aromatic rings. The first kappa shape index (κ1) is 24.6. The van der Waals surface area contributed by atoms with Gasteiger partial charge in [0, 0.05) is 36.4 Å². The zero-order valence-corrected chi connectivity index (χ0v) is 21.5. The molecule has 0 aliphatic carbocycles. The molecule has 1 saturated heterocycles. The highest BCUT2D eigenvalue weighted by Crippen LogP contribution is 2.25. The number of carbonyl (C=O) groups excluding carboxylic acids is 2. The van der Waals surface area contributed by atoms with Gasteiger partial charge in [-0.2, -0.15) is 0 Å². The zero-order chi connectivity index (χ0) is 24.4. The number of thioether (sulfide) groups is 1. The molecule has 0 bridgehead atoms. The highest BCUT2D eigenvalue weighted by atomic mass is 35.5. The van der Waals surface area contributed by atoms with E-state index in [1.807, 2.05) is 49.6 Å². The lowest BCUT2D eigenvalue weighted by atomic mass is 10.1. The predicted octanol–water partition coefficient (Wildman–Crippen LogP) is 4.66. The van der Waals surface area contributed by atoms with Crippen LogP contribution in [-0.4, -0.2) is 67.8 Å². The third-order valence-corrected chi connectivity index (χ3v) is 7.28. The Morgan fingerprint density at radius 3 is 2.47 bits per heavy atom. The minimum Gasteiger partial charge on any atom is -0.338 e. The van der Waals surface area contributed by atoms with E-state index < -0.39 is 0 Å². The fourth-order valence-electron chi connectivity index (χ4n) is 3.95. The van der Waals surface area contributed by atoms with Crippen molar-refractivity contribution in [1.29, 1.82) is 0 Å². The van der Waals surface area contributed by atoms with E-state index >= 15 is 0 Å². The maximum absolute atomic E-state index is 13.0. The molecular weight excluding hydrogens is 493 g/mol. The number of hydrogen-bond acceptors (Lipinski definition) is 5. The van der Waals surface area contributed by atoms with Crippen LogP contribution in [0.25, 0.3) is 5.69 Å². The number of aryl methyl sites for hydroxylation is 2. The molecule has 1 atom stereocenters. The highest BCUT2D eigenvalue weighted by Gasteiger charge is 2.31. The molecule has 2 aromatic carbocycles. The monoisotopic (exact) mass is 517 g/mol. The number of rotatable bonds is 5. The number of benzene rings is 2. The van der Waals surface area contributed by atoms with Crippen LogP contribution in [0.2, 0.25) is 10.0 Å². The second-order valence-corrected chi connectivity index (χ2v) is 10.1. The van der Waals surface area contributed by atoms with E-state index in [0.29, 0.717) is 40.4 Å². The third kappa shape index (κ3) is 5.24. The maximum atomic E-state index is 13.0. The van der Waals surface area contributed by atoms with E-state index in [1.165, 1.54) is 17.3 Å². The van der Waals surface area contributed by atoms with Gasteiger partial charge in [0.15, 0.2) is 5.16 Å². The van der Waals surface area contributed by atoms with Crippen LogP contribution in [0.1, 0.15) is 28.7 Å². The number of hydrogen-bond donors (Lipinski definition) is 0. The first-order chi connectivity index (χ1) is 16.2. The van der Waals surface area contributed by atoms with Crippen molar-refractivity contribution in [3.05, 3.63) is 69.5 Å². The Kier molecular flexibility index (Phi) is 7.50. The van der Waals surface area contributed by atoms with Crippen molar-refractivity contribution in [2.24, 2.45) is 0 Å². The van der Waals surface area contributed by atoms with Crippen molar-refractivity contribution < 1.29 is 9.59 Å². The molecular formula is C24H25Cl2N5O2S. The van der Waals surface area contributed by atoms with Crippen LogP contribution in [0, 0.1) is 13.8 Å². The summed E-state index contributed by atoms with van der Waals surface area (Å²) in [6.07, 6.45) is 0. The summed E-state index contributed by atoms with van der Waals surface area (Å²) in [6.45, 7) is 7.23. The molecule has 1 aliphatic rings. The number of halogens is 2. The van der Waals surface area contributed by atoms with Gasteiger partial charge in [0.2, 0.25) is 5.91 Å². The molecule has 10 heteroatoms. The van der Waals surface area contributed by atoms with Gasteiger partial charge in [0.1, 0.15) is 5.82 Å². The van der Waals surface area contributed by atoms with E-state index in [9.17, 15) is 9.59 Å². The number of carbonyl (C=O) groups is 2. The molecule has 1 aromatic heterocycles. The van der Waals surface area contributed by atoms with Crippen molar-refractivity contribution in [3.63, 3.8) is 0 Å². The Labute approximate surface area is 213 Å². The molecule has 178 valence electrons. The lowest BCUT2D eigenvalue weighted by Gasteiger charge is -2.40. The van der Waals surface area contributed by atoms with Crippen LogP contribution in [0.15, 0.2) is 47.6 Å². The SMILES string of the molecule is Cc1ccc(-n2c(C)nnc2SCC(=O)N2CCN(C(=O)c3ccc(Cl)cc3Cl)C(C)C2)cc1. The summed E-state index contributed by atoms with van der Waals surface area (Å²) < 4.78 is 1.95. The number of nitrogens with zero attached hydrogens (tertiary/aromatic N) is 5. The summed E-state index contributed by atoms with van der Waals surface area (Å²) in [5.41, 5.74) is 2.55. The molecule has 34 heavy (non-hydrogen) atoms. The van der Waals surface area contributed by atoms with Gasteiger partial charge < -0.3 is 9.80 Å². The van der Waals surface area contributed by atoms with Crippen LogP contribution < -0.4 is 0 Å². The Bertz CT molecular complexity index is 1210. The number of aromatic nitrogens is 3.